The number of fused-ring (bicyclic) bond motifs is 1. The van der Waals surface area contributed by atoms with Crippen LogP contribution in [0.3, 0.4) is 0 Å². The fraction of sp³-hybridized carbons (Fsp3) is 0.250. The van der Waals surface area contributed by atoms with Crippen LogP contribution in [0.1, 0.15) is 41.1 Å². The van der Waals surface area contributed by atoms with Crippen LogP contribution in [0.2, 0.25) is 0 Å². The normalized spacial score (nSPS) is 15.8. The summed E-state index contributed by atoms with van der Waals surface area (Å²) >= 11 is 0. The molecule has 0 saturated heterocycles. The van der Waals surface area contributed by atoms with Crippen molar-refractivity contribution in [2.75, 3.05) is 11.9 Å². The second-order valence-corrected chi connectivity index (χ2v) is 7.26. The molecule has 7 heteroatoms. The van der Waals surface area contributed by atoms with Gasteiger partial charge in [-0.2, -0.15) is 0 Å². The van der Waals surface area contributed by atoms with Crippen molar-refractivity contribution in [3.05, 3.63) is 83.8 Å². The third kappa shape index (κ3) is 4.88. The van der Waals surface area contributed by atoms with Gasteiger partial charge in [-0.05, 0) is 37.3 Å². The van der Waals surface area contributed by atoms with Gasteiger partial charge in [0.15, 0.2) is 6.10 Å². The van der Waals surface area contributed by atoms with Crippen LogP contribution < -0.4 is 15.4 Å². The number of nitrogens with one attached hydrogen (secondary N) is 2. The Bertz CT molecular complexity index is 1050. The zero-order valence-corrected chi connectivity index (χ0v) is 17.2. The van der Waals surface area contributed by atoms with Crippen LogP contribution in [0.25, 0.3) is 0 Å². The van der Waals surface area contributed by atoms with Crippen molar-refractivity contribution in [3.8, 4) is 5.75 Å². The molecule has 160 valence electrons. The predicted octanol–water partition coefficient (Wildman–Crippen LogP) is 4.08. The van der Waals surface area contributed by atoms with Crippen LogP contribution in [0, 0.1) is 0 Å². The molecule has 2 heterocycles. The molecule has 31 heavy (non-hydrogen) atoms. The van der Waals surface area contributed by atoms with Crippen molar-refractivity contribution in [1.29, 1.82) is 0 Å². The topological polar surface area (TPSA) is 89.8 Å². The Hall–Kier alpha value is -3.74. The first-order valence-corrected chi connectivity index (χ1v) is 10.2. The van der Waals surface area contributed by atoms with E-state index in [9.17, 15) is 9.59 Å². The number of esters is 1. The first kappa shape index (κ1) is 20.5. The number of hydrogen-bond donors (Lipinski definition) is 2. The second-order valence-electron chi connectivity index (χ2n) is 7.26. The van der Waals surface area contributed by atoms with E-state index in [0.29, 0.717) is 30.8 Å². The van der Waals surface area contributed by atoms with E-state index in [4.69, 9.17) is 13.9 Å². The van der Waals surface area contributed by atoms with E-state index in [1.807, 2.05) is 36.4 Å². The molecular formula is C24H24N2O5. The zero-order valence-electron chi connectivity index (χ0n) is 17.2. The molecule has 4 rings (SSSR count). The van der Waals surface area contributed by atoms with Gasteiger partial charge in [-0.15, -0.1) is 0 Å². The summed E-state index contributed by atoms with van der Waals surface area (Å²) in [6, 6.07) is 18.1. The van der Waals surface area contributed by atoms with E-state index in [-0.39, 0.29) is 11.9 Å². The minimum atomic E-state index is -0.944. The van der Waals surface area contributed by atoms with Crippen LogP contribution in [0.15, 0.2) is 71.3 Å². The Balaban J connectivity index is 1.38. The third-order valence-corrected chi connectivity index (χ3v) is 5.11. The SMILES string of the molecule is CC(OC(=O)c1ccccc1NCc1ccco1)C(=O)NC1CCOc2ccccc21. The van der Waals surface area contributed by atoms with Gasteiger partial charge in [-0.1, -0.05) is 30.3 Å². The number of hydrogen-bond acceptors (Lipinski definition) is 6. The highest BCUT2D eigenvalue weighted by Gasteiger charge is 2.27. The molecule has 0 bridgehead atoms. The monoisotopic (exact) mass is 420 g/mol. The molecule has 0 spiro atoms. The molecule has 0 aliphatic carbocycles. The van der Waals surface area contributed by atoms with Crippen LogP contribution in [0.5, 0.6) is 5.75 Å². The van der Waals surface area contributed by atoms with Gasteiger partial charge in [0.2, 0.25) is 0 Å². The minimum Gasteiger partial charge on any atom is -0.493 e. The maximum absolute atomic E-state index is 12.7. The lowest BCUT2D eigenvalue weighted by atomic mass is 10.0. The Morgan fingerprint density at radius 2 is 1.90 bits per heavy atom. The van der Waals surface area contributed by atoms with E-state index < -0.39 is 12.1 Å². The Labute approximate surface area is 180 Å². The van der Waals surface area contributed by atoms with Crippen molar-refractivity contribution in [3.63, 3.8) is 0 Å². The average Bonchev–Trinajstić information content (AvgIpc) is 3.32. The van der Waals surface area contributed by atoms with Gasteiger partial charge in [-0.25, -0.2) is 4.79 Å². The Morgan fingerprint density at radius 1 is 1.10 bits per heavy atom. The number of ether oxygens (including phenoxy) is 2. The van der Waals surface area contributed by atoms with E-state index in [0.717, 1.165) is 17.1 Å². The summed E-state index contributed by atoms with van der Waals surface area (Å²) < 4.78 is 16.4. The van der Waals surface area contributed by atoms with E-state index in [1.165, 1.54) is 0 Å². The fourth-order valence-corrected chi connectivity index (χ4v) is 3.47. The van der Waals surface area contributed by atoms with Gasteiger partial charge in [0, 0.05) is 17.7 Å². The second kappa shape index (κ2) is 9.38. The van der Waals surface area contributed by atoms with Crippen LogP contribution in [-0.4, -0.2) is 24.6 Å². The van der Waals surface area contributed by atoms with E-state index >= 15 is 0 Å². The molecule has 7 nitrogen and oxygen atoms in total. The first-order valence-electron chi connectivity index (χ1n) is 10.2. The maximum Gasteiger partial charge on any atom is 0.341 e. The Morgan fingerprint density at radius 3 is 2.74 bits per heavy atom. The molecule has 0 saturated carbocycles. The Kier molecular flexibility index (Phi) is 6.21. The number of para-hydroxylation sites is 2. The van der Waals surface area contributed by atoms with Gasteiger partial charge in [0.1, 0.15) is 11.5 Å². The lowest BCUT2D eigenvalue weighted by Crippen LogP contribution is -2.39. The maximum atomic E-state index is 12.7. The number of amides is 1. The van der Waals surface area contributed by atoms with Crippen LogP contribution >= 0.6 is 0 Å². The quantitative estimate of drug-likeness (QED) is 0.560. The highest BCUT2D eigenvalue weighted by atomic mass is 16.5. The summed E-state index contributed by atoms with van der Waals surface area (Å²) in [4.78, 5) is 25.4. The summed E-state index contributed by atoms with van der Waals surface area (Å²) in [5, 5.41) is 6.13. The van der Waals surface area contributed by atoms with Gasteiger partial charge < -0.3 is 24.5 Å². The highest BCUT2D eigenvalue weighted by Crippen LogP contribution is 2.31. The van der Waals surface area contributed by atoms with Crippen molar-refractivity contribution >= 4 is 17.6 Å². The number of furan rings is 1. The van der Waals surface area contributed by atoms with Crippen LogP contribution in [0.4, 0.5) is 5.69 Å². The molecule has 1 aliphatic rings. The fourth-order valence-electron chi connectivity index (χ4n) is 3.47. The molecule has 0 fully saturated rings. The van der Waals surface area contributed by atoms with Crippen molar-refractivity contribution < 1.29 is 23.5 Å². The van der Waals surface area contributed by atoms with Gasteiger partial charge in [0.05, 0.1) is 31.0 Å². The van der Waals surface area contributed by atoms with Gasteiger partial charge >= 0.3 is 5.97 Å². The number of carbonyl (C=O) groups is 2. The summed E-state index contributed by atoms with van der Waals surface area (Å²) in [5.74, 6) is 0.585. The predicted molar refractivity (Wildman–Crippen MR) is 115 cm³/mol. The number of benzene rings is 2. The molecule has 0 radical (unpaired) electrons. The highest BCUT2D eigenvalue weighted by molar-refractivity contribution is 5.97. The number of anilines is 1. The molecule has 2 N–H and O–H groups in total. The molecule has 1 aromatic heterocycles. The lowest BCUT2D eigenvalue weighted by molar-refractivity contribution is -0.130. The van der Waals surface area contributed by atoms with Gasteiger partial charge in [0.25, 0.3) is 5.91 Å². The molecule has 1 amide bonds. The molecule has 2 unspecified atom stereocenters. The summed E-state index contributed by atoms with van der Waals surface area (Å²) in [6.07, 6.45) is 1.30. The lowest BCUT2D eigenvalue weighted by Gasteiger charge is -2.27. The molecule has 2 atom stereocenters. The summed E-state index contributed by atoms with van der Waals surface area (Å²) in [6.45, 7) is 2.51. The molecular weight excluding hydrogens is 396 g/mol. The minimum absolute atomic E-state index is 0.180. The zero-order chi connectivity index (χ0) is 21.6. The largest absolute Gasteiger partial charge is 0.493 e. The molecule has 1 aliphatic heterocycles. The van der Waals surface area contributed by atoms with E-state index in [1.54, 1.807) is 37.5 Å². The van der Waals surface area contributed by atoms with Crippen molar-refractivity contribution in [2.24, 2.45) is 0 Å². The standard InChI is InChI=1S/C24H24N2O5/c1-16(23(27)26-21-12-14-30-22-11-5-3-8-18(21)22)31-24(28)19-9-2-4-10-20(19)25-15-17-7-6-13-29-17/h2-11,13,16,21,25H,12,14-15H2,1H3,(H,26,27). The van der Waals surface area contributed by atoms with Gasteiger partial charge in [-0.3, -0.25) is 4.79 Å². The smallest absolute Gasteiger partial charge is 0.341 e. The van der Waals surface area contributed by atoms with E-state index in [2.05, 4.69) is 10.6 Å². The third-order valence-electron chi connectivity index (χ3n) is 5.11. The summed E-state index contributed by atoms with van der Waals surface area (Å²) in [5.41, 5.74) is 1.88. The first-order chi connectivity index (χ1) is 15.1. The molecule has 3 aromatic rings. The summed E-state index contributed by atoms with van der Waals surface area (Å²) in [7, 11) is 0. The van der Waals surface area contributed by atoms with Crippen molar-refractivity contribution in [2.45, 2.75) is 32.0 Å². The molecule has 2 aromatic carbocycles. The average molecular weight is 420 g/mol. The van der Waals surface area contributed by atoms with Crippen LogP contribution in [-0.2, 0) is 16.1 Å². The van der Waals surface area contributed by atoms with Crippen molar-refractivity contribution in [1.82, 2.24) is 5.32 Å². The number of rotatable bonds is 7. The number of carbonyl (C=O) groups excluding carboxylic acids is 2.